The quantitative estimate of drug-likeness (QED) is 0.904. The van der Waals surface area contributed by atoms with Gasteiger partial charge in [-0.05, 0) is 37.3 Å². The van der Waals surface area contributed by atoms with E-state index in [0.717, 1.165) is 18.6 Å². The predicted molar refractivity (Wildman–Crippen MR) is 74.8 cm³/mol. The Morgan fingerprint density at radius 2 is 1.77 bits per heavy atom. The fraction of sp³-hybridized carbons (Fsp3) is 0.600. The third kappa shape index (κ3) is 2.44. The van der Waals surface area contributed by atoms with Crippen molar-refractivity contribution in [1.82, 2.24) is 0 Å². The van der Waals surface area contributed by atoms with Crippen molar-refractivity contribution in [2.24, 2.45) is 0 Å². The number of sulfone groups is 1. The molecule has 122 valence electrons. The highest BCUT2D eigenvalue weighted by Crippen LogP contribution is 2.46. The van der Waals surface area contributed by atoms with Crippen LogP contribution in [0.4, 0.5) is 13.2 Å². The van der Waals surface area contributed by atoms with Crippen molar-refractivity contribution in [2.75, 3.05) is 0 Å². The molecule has 2 bridgehead atoms. The fourth-order valence-electron chi connectivity index (χ4n) is 3.68. The van der Waals surface area contributed by atoms with Crippen LogP contribution in [0.3, 0.4) is 0 Å². The van der Waals surface area contributed by atoms with E-state index in [1.54, 1.807) is 0 Å². The van der Waals surface area contributed by atoms with Gasteiger partial charge in [-0.1, -0.05) is 18.6 Å². The third-order valence-electron chi connectivity index (χ3n) is 4.89. The number of rotatable bonds is 2. The van der Waals surface area contributed by atoms with Gasteiger partial charge in [-0.2, -0.15) is 0 Å². The molecule has 2 atom stereocenters. The summed E-state index contributed by atoms with van der Waals surface area (Å²) in [5.41, 5.74) is -2.00. The second-order valence-electron chi connectivity index (χ2n) is 6.24. The van der Waals surface area contributed by atoms with Gasteiger partial charge in [0, 0.05) is 0 Å². The second-order valence-corrected chi connectivity index (χ2v) is 8.75. The molecule has 0 aromatic heterocycles. The number of aliphatic hydroxyl groups is 1. The van der Waals surface area contributed by atoms with Crippen molar-refractivity contribution in [1.29, 1.82) is 0 Å². The Morgan fingerprint density at radius 1 is 1.18 bits per heavy atom. The Morgan fingerprint density at radius 3 is 2.27 bits per heavy atom. The molecular formula is C15H17F3O3S. The maximum Gasteiger partial charge on any atom is 0.266 e. The van der Waals surface area contributed by atoms with Crippen LogP contribution in [0.25, 0.3) is 0 Å². The monoisotopic (exact) mass is 334 g/mol. The first-order valence-corrected chi connectivity index (χ1v) is 8.88. The van der Waals surface area contributed by atoms with Crippen LogP contribution in [0.15, 0.2) is 18.2 Å². The molecule has 2 fully saturated rings. The Hall–Kier alpha value is -1.08. The molecule has 0 radical (unpaired) electrons. The molecule has 0 saturated carbocycles. The van der Waals surface area contributed by atoms with Crippen molar-refractivity contribution < 1.29 is 26.7 Å². The minimum Gasteiger partial charge on any atom is -0.385 e. The van der Waals surface area contributed by atoms with E-state index in [9.17, 15) is 26.7 Å². The molecule has 0 spiro atoms. The number of alkyl halides is 2. The van der Waals surface area contributed by atoms with Crippen molar-refractivity contribution >= 4 is 9.84 Å². The summed E-state index contributed by atoms with van der Waals surface area (Å²) in [6.07, 6.45) is -1.16. The minimum atomic E-state index is -3.25. The lowest BCUT2D eigenvalue weighted by molar-refractivity contribution is 0.00461. The zero-order valence-corrected chi connectivity index (χ0v) is 12.6. The van der Waals surface area contributed by atoms with E-state index in [1.165, 1.54) is 6.07 Å². The molecule has 2 saturated heterocycles. The highest BCUT2D eigenvalue weighted by molar-refractivity contribution is 7.92. The summed E-state index contributed by atoms with van der Waals surface area (Å²) < 4.78 is 63.4. The molecule has 1 aromatic carbocycles. The largest absolute Gasteiger partial charge is 0.385 e. The number of hydrogen-bond acceptors (Lipinski definition) is 3. The van der Waals surface area contributed by atoms with Crippen molar-refractivity contribution in [3.05, 3.63) is 35.1 Å². The summed E-state index contributed by atoms with van der Waals surface area (Å²) in [5.74, 6) is -1.07. The Labute approximate surface area is 127 Å². The standard InChI is InChI=1S/C15H17F3O3S/c16-13-6-9(4-5-12(13)14(17)18)15(19)7-10-2-1-3-11(8-15)22(10,20)21/h4-6,10-11,14,19H,1-3,7-8H2. The van der Waals surface area contributed by atoms with E-state index in [2.05, 4.69) is 0 Å². The van der Waals surface area contributed by atoms with Crippen LogP contribution in [0.1, 0.15) is 49.7 Å². The van der Waals surface area contributed by atoms with E-state index >= 15 is 0 Å². The van der Waals surface area contributed by atoms with Gasteiger partial charge >= 0.3 is 0 Å². The summed E-state index contributed by atoms with van der Waals surface area (Å²) in [7, 11) is -3.25. The minimum absolute atomic E-state index is 0.000696. The van der Waals surface area contributed by atoms with Gasteiger partial charge in [0.25, 0.3) is 6.43 Å². The summed E-state index contributed by atoms with van der Waals surface area (Å²) >= 11 is 0. The lowest BCUT2D eigenvalue weighted by atomic mass is 9.80. The van der Waals surface area contributed by atoms with Crippen molar-refractivity contribution in [3.8, 4) is 0 Å². The zero-order chi connectivity index (χ0) is 16.1. The normalized spacial score (nSPS) is 33.9. The van der Waals surface area contributed by atoms with Gasteiger partial charge < -0.3 is 5.11 Å². The molecule has 7 heteroatoms. The van der Waals surface area contributed by atoms with Crippen LogP contribution in [0.5, 0.6) is 0 Å². The molecule has 2 aliphatic heterocycles. The van der Waals surface area contributed by atoms with Gasteiger partial charge in [0.2, 0.25) is 0 Å². The lowest BCUT2D eigenvalue weighted by Gasteiger charge is -2.44. The van der Waals surface area contributed by atoms with Gasteiger partial charge in [0.05, 0.1) is 21.7 Å². The topological polar surface area (TPSA) is 54.4 Å². The van der Waals surface area contributed by atoms with Gasteiger partial charge in [-0.25, -0.2) is 21.6 Å². The molecule has 2 heterocycles. The van der Waals surface area contributed by atoms with E-state index in [-0.39, 0.29) is 18.4 Å². The fourth-order valence-corrected chi connectivity index (χ4v) is 6.23. The molecule has 3 rings (SSSR count). The predicted octanol–water partition coefficient (Wildman–Crippen LogP) is 3.08. The smallest absolute Gasteiger partial charge is 0.266 e. The molecule has 2 unspecified atom stereocenters. The number of hydrogen-bond donors (Lipinski definition) is 1. The van der Waals surface area contributed by atoms with E-state index in [1.807, 2.05) is 0 Å². The molecule has 22 heavy (non-hydrogen) atoms. The number of halogens is 3. The van der Waals surface area contributed by atoms with Gasteiger partial charge in [-0.15, -0.1) is 0 Å². The second kappa shape index (κ2) is 5.23. The summed E-state index contributed by atoms with van der Waals surface area (Å²) in [6.45, 7) is 0. The van der Waals surface area contributed by atoms with E-state index < -0.39 is 43.7 Å². The molecule has 3 nitrogen and oxygen atoms in total. The first kappa shape index (κ1) is 15.8. The Kier molecular flexibility index (Phi) is 3.76. The van der Waals surface area contributed by atoms with Crippen molar-refractivity contribution in [3.63, 3.8) is 0 Å². The first-order valence-electron chi connectivity index (χ1n) is 7.27. The maximum absolute atomic E-state index is 13.8. The molecule has 1 N–H and O–H groups in total. The molecular weight excluding hydrogens is 317 g/mol. The maximum atomic E-state index is 13.8. The van der Waals surface area contributed by atoms with Crippen LogP contribution in [0.2, 0.25) is 0 Å². The van der Waals surface area contributed by atoms with Gasteiger partial charge in [0.15, 0.2) is 9.84 Å². The summed E-state index contributed by atoms with van der Waals surface area (Å²) in [5, 5.41) is 9.54. The number of benzene rings is 1. The van der Waals surface area contributed by atoms with Crippen LogP contribution >= 0.6 is 0 Å². The summed E-state index contributed by atoms with van der Waals surface area (Å²) in [4.78, 5) is 0. The SMILES string of the molecule is O=S1(=O)C2CCCC1CC(O)(c1ccc(C(F)F)c(F)c1)C2. The van der Waals surface area contributed by atoms with Crippen LogP contribution < -0.4 is 0 Å². The highest BCUT2D eigenvalue weighted by Gasteiger charge is 2.51. The molecule has 0 amide bonds. The average Bonchev–Trinajstić information content (AvgIpc) is 2.40. The zero-order valence-electron chi connectivity index (χ0n) is 11.8. The molecule has 0 aliphatic carbocycles. The van der Waals surface area contributed by atoms with E-state index in [0.29, 0.717) is 12.8 Å². The van der Waals surface area contributed by atoms with Crippen LogP contribution in [-0.4, -0.2) is 24.0 Å². The number of fused-ring (bicyclic) bond motifs is 2. The van der Waals surface area contributed by atoms with Gasteiger partial charge in [-0.3, -0.25) is 0 Å². The van der Waals surface area contributed by atoms with Crippen LogP contribution in [-0.2, 0) is 15.4 Å². The third-order valence-corrected chi connectivity index (χ3v) is 7.55. The summed E-state index contributed by atoms with van der Waals surface area (Å²) in [6, 6.07) is 3.15. The van der Waals surface area contributed by atoms with Crippen molar-refractivity contribution in [2.45, 2.75) is 54.6 Å². The first-order chi connectivity index (χ1) is 10.2. The van der Waals surface area contributed by atoms with Crippen LogP contribution in [0, 0.1) is 5.82 Å². The average molecular weight is 334 g/mol. The lowest BCUT2D eigenvalue weighted by Crippen LogP contribution is -2.50. The Balaban J connectivity index is 1.96. The van der Waals surface area contributed by atoms with E-state index in [4.69, 9.17) is 0 Å². The van der Waals surface area contributed by atoms with Gasteiger partial charge in [0.1, 0.15) is 5.82 Å². The Bertz CT molecular complexity index is 667. The molecule has 2 aliphatic rings. The molecule has 1 aromatic rings. The highest BCUT2D eigenvalue weighted by atomic mass is 32.2.